The van der Waals surface area contributed by atoms with Crippen LogP contribution in [0, 0.1) is 0 Å². The number of halogens is 3. The molecule has 2 heterocycles. The van der Waals surface area contributed by atoms with Gasteiger partial charge >= 0.3 is 6.18 Å². The van der Waals surface area contributed by atoms with E-state index in [0.29, 0.717) is 11.3 Å². The normalized spacial score (nSPS) is 11.4. The van der Waals surface area contributed by atoms with E-state index in [9.17, 15) is 22.8 Å². The Balaban J connectivity index is 1.81. The van der Waals surface area contributed by atoms with Gasteiger partial charge in [-0.15, -0.1) is 11.3 Å². The molecule has 0 saturated carbocycles. The highest BCUT2D eigenvalue weighted by atomic mass is 32.1. The third kappa shape index (κ3) is 3.83. The Morgan fingerprint density at radius 2 is 2.00 bits per heavy atom. The van der Waals surface area contributed by atoms with Crippen LogP contribution in [-0.4, -0.2) is 15.5 Å². The van der Waals surface area contributed by atoms with Crippen molar-refractivity contribution < 1.29 is 18.0 Å². The van der Waals surface area contributed by atoms with E-state index in [0.717, 1.165) is 23.5 Å². The van der Waals surface area contributed by atoms with Gasteiger partial charge in [-0.1, -0.05) is 12.1 Å². The molecule has 0 aliphatic rings. The van der Waals surface area contributed by atoms with Crippen LogP contribution in [0.3, 0.4) is 0 Å². The molecular formula is C17H12F3N3O2S. The van der Waals surface area contributed by atoms with Crippen molar-refractivity contribution in [3.8, 4) is 11.3 Å². The maximum atomic E-state index is 12.8. The second-order valence-electron chi connectivity index (χ2n) is 5.44. The second-order valence-corrected chi connectivity index (χ2v) is 6.29. The fraction of sp³-hybridized carbons (Fsp3) is 0.118. The monoisotopic (exact) mass is 379 g/mol. The number of nitrogens with zero attached hydrogens (tertiary/aromatic N) is 2. The summed E-state index contributed by atoms with van der Waals surface area (Å²) >= 11 is 1.08. The molecule has 0 saturated heterocycles. The van der Waals surface area contributed by atoms with Crippen LogP contribution < -0.4 is 10.9 Å². The SMILES string of the molecule is Cn1ccc(C(=O)Nc2nc(-c3cccc(C(F)(F)F)c3)cs2)cc1=O. The minimum atomic E-state index is -4.44. The van der Waals surface area contributed by atoms with Crippen LogP contribution in [0.4, 0.5) is 18.3 Å². The molecule has 0 atom stereocenters. The van der Waals surface area contributed by atoms with Gasteiger partial charge in [0.05, 0.1) is 11.3 Å². The Labute approximate surface area is 149 Å². The molecule has 26 heavy (non-hydrogen) atoms. The van der Waals surface area contributed by atoms with E-state index in [-0.39, 0.29) is 16.3 Å². The molecule has 0 aliphatic heterocycles. The molecule has 134 valence electrons. The lowest BCUT2D eigenvalue weighted by atomic mass is 10.1. The van der Waals surface area contributed by atoms with Gasteiger partial charge in [0.1, 0.15) is 0 Å². The summed E-state index contributed by atoms with van der Waals surface area (Å²) in [5, 5.41) is 4.31. The molecule has 0 bridgehead atoms. The van der Waals surface area contributed by atoms with Gasteiger partial charge in [-0.2, -0.15) is 13.2 Å². The van der Waals surface area contributed by atoms with Crippen molar-refractivity contribution in [1.29, 1.82) is 0 Å². The smallest absolute Gasteiger partial charge is 0.319 e. The van der Waals surface area contributed by atoms with Crippen LogP contribution in [0.2, 0.25) is 0 Å². The number of anilines is 1. The summed E-state index contributed by atoms with van der Waals surface area (Å²) in [6, 6.07) is 7.47. The van der Waals surface area contributed by atoms with Crippen LogP contribution in [-0.2, 0) is 13.2 Å². The molecule has 9 heteroatoms. The van der Waals surface area contributed by atoms with Crippen LogP contribution in [0.1, 0.15) is 15.9 Å². The average Bonchev–Trinajstić information content (AvgIpc) is 3.05. The molecule has 2 aromatic heterocycles. The number of aromatic nitrogens is 2. The Morgan fingerprint density at radius 3 is 2.69 bits per heavy atom. The Bertz CT molecular complexity index is 1020. The summed E-state index contributed by atoms with van der Waals surface area (Å²) < 4.78 is 39.7. The molecule has 0 spiro atoms. The van der Waals surface area contributed by atoms with E-state index < -0.39 is 17.6 Å². The van der Waals surface area contributed by atoms with Gasteiger partial charge in [0.15, 0.2) is 5.13 Å². The largest absolute Gasteiger partial charge is 0.416 e. The molecule has 1 amide bonds. The van der Waals surface area contributed by atoms with E-state index in [1.54, 1.807) is 12.4 Å². The van der Waals surface area contributed by atoms with Crippen LogP contribution in [0.15, 0.2) is 52.8 Å². The zero-order valence-electron chi connectivity index (χ0n) is 13.4. The fourth-order valence-corrected chi connectivity index (χ4v) is 2.89. The number of carbonyl (C=O) groups is 1. The van der Waals surface area contributed by atoms with Crippen molar-refractivity contribution in [2.75, 3.05) is 5.32 Å². The molecule has 3 rings (SSSR count). The van der Waals surface area contributed by atoms with Gasteiger partial charge in [0, 0.05) is 35.8 Å². The number of thiazole rings is 1. The highest BCUT2D eigenvalue weighted by Gasteiger charge is 2.30. The Kier molecular flexibility index (Phi) is 4.64. The fourth-order valence-electron chi connectivity index (χ4n) is 2.18. The molecule has 0 aliphatic carbocycles. The molecule has 0 radical (unpaired) electrons. The van der Waals surface area contributed by atoms with Crippen molar-refractivity contribution in [3.63, 3.8) is 0 Å². The van der Waals surface area contributed by atoms with E-state index in [1.807, 2.05) is 0 Å². The van der Waals surface area contributed by atoms with Crippen LogP contribution in [0.5, 0.6) is 0 Å². The number of hydrogen-bond acceptors (Lipinski definition) is 4. The first-order chi connectivity index (χ1) is 12.2. The van der Waals surface area contributed by atoms with Crippen LogP contribution >= 0.6 is 11.3 Å². The van der Waals surface area contributed by atoms with Crippen LogP contribution in [0.25, 0.3) is 11.3 Å². The lowest BCUT2D eigenvalue weighted by molar-refractivity contribution is -0.137. The van der Waals surface area contributed by atoms with E-state index in [1.165, 1.54) is 35.0 Å². The Hall–Kier alpha value is -2.94. The van der Waals surface area contributed by atoms with Gasteiger partial charge in [-0.3, -0.25) is 14.9 Å². The number of hydrogen-bond donors (Lipinski definition) is 1. The number of amides is 1. The number of rotatable bonds is 3. The minimum Gasteiger partial charge on any atom is -0.319 e. The topological polar surface area (TPSA) is 64.0 Å². The van der Waals surface area contributed by atoms with E-state index in [2.05, 4.69) is 10.3 Å². The predicted molar refractivity (Wildman–Crippen MR) is 92.2 cm³/mol. The lowest BCUT2D eigenvalue weighted by Gasteiger charge is -2.07. The lowest BCUT2D eigenvalue weighted by Crippen LogP contribution is -2.19. The zero-order chi connectivity index (χ0) is 18.9. The highest BCUT2D eigenvalue weighted by Crippen LogP contribution is 2.33. The maximum Gasteiger partial charge on any atom is 0.416 e. The van der Waals surface area contributed by atoms with Crippen molar-refractivity contribution in [2.45, 2.75) is 6.18 Å². The quantitative estimate of drug-likeness (QED) is 0.753. The molecular weight excluding hydrogens is 367 g/mol. The first-order valence-corrected chi connectivity index (χ1v) is 8.23. The summed E-state index contributed by atoms with van der Waals surface area (Å²) in [6.45, 7) is 0. The summed E-state index contributed by atoms with van der Waals surface area (Å²) in [5.74, 6) is -0.521. The summed E-state index contributed by atoms with van der Waals surface area (Å²) in [5.41, 5.74) is -0.315. The standard InChI is InChI=1S/C17H12F3N3O2S/c1-23-6-5-11(8-14(23)24)15(25)22-16-21-13(9-26-16)10-3-2-4-12(7-10)17(18,19)20/h2-9H,1H3,(H,21,22,25). The Morgan fingerprint density at radius 1 is 1.23 bits per heavy atom. The molecule has 0 fully saturated rings. The number of nitrogens with one attached hydrogen (secondary N) is 1. The van der Waals surface area contributed by atoms with Gasteiger partial charge in [0.2, 0.25) is 0 Å². The molecule has 0 unspecified atom stereocenters. The first-order valence-electron chi connectivity index (χ1n) is 7.35. The van der Waals surface area contributed by atoms with E-state index in [4.69, 9.17) is 0 Å². The summed E-state index contributed by atoms with van der Waals surface area (Å²) in [6.07, 6.45) is -2.98. The molecule has 1 aromatic carbocycles. The first kappa shape index (κ1) is 17.9. The van der Waals surface area contributed by atoms with Crippen molar-refractivity contribution >= 4 is 22.4 Å². The third-order valence-electron chi connectivity index (χ3n) is 3.58. The van der Waals surface area contributed by atoms with Gasteiger partial charge < -0.3 is 4.57 Å². The van der Waals surface area contributed by atoms with Crippen molar-refractivity contribution in [3.05, 3.63) is 69.5 Å². The second kappa shape index (κ2) is 6.75. The average molecular weight is 379 g/mol. The van der Waals surface area contributed by atoms with Gasteiger partial charge in [-0.25, -0.2) is 4.98 Å². The maximum absolute atomic E-state index is 12.8. The van der Waals surface area contributed by atoms with Crippen molar-refractivity contribution in [2.24, 2.45) is 7.05 Å². The molecule has 1 N–H and O–H groups in total. The summed E-state index contributed by atoms with van der Waals surface area (Å²) in [7, 11) is 1.56. The van der Waals surface area contributed by atoms with E-state index >= 15 is 0 Å². The number of benzene rings is 1. The molecule has 3 aromatic rings. The predicted octanol–water partition coefficient (Wildman–Crippen LogP) is 3.78. The summed E-state index contributed by atoms with van der Waals surface area (Å²) in [4.78, 5) is 27.9. The zero-order valence-corrected chi connectivity index (χ0v) is 14.2. The minimum absolute atomic E-state index is 0.170. The number of carbonyl (C=O) groups excluding carboxylic acids is 1. The number of pyridine rings is 1. The molecule has 5 nitrogen and oxygen atoms in total. The van der Waals surface area contributed by atoms with Crippen molar-refractivity contribution in [1.82, 2.24) is 9.55 Å². The third-order valence-corrected chi connectivity index (χ3v) is 4.33. The highest BCUT2D eigenvalue weighted by molar-refractivity contribution is 7.14. The number of aryl methyl sites for hydroxylation is 1. The number of alkyl halides is 3. The van der Waals surface area contributed by atoms with Gasteiger partial charge in [-0.05, 0) is 18.2 Å². The van der Waals surface area contributed by atoms with Gasteiger partial charge in [0.25, 0.3) is 11.5 Å².